The molecular weight excluding hydrogens is 496 g/mol. The predicted octanol–water partition coefficient (Wildman–Crippen LogP) is 9.50. The van der Waals surface area contributed by atoms with Gasteiger partial charge in [-0.3, -0.25) is 4.79 Å². The van der Waals surface area contributed by atoms with Crippen molar-refractivity contribution in [3.05, 3.63) is 11.6 Å². The third kappa shape index (κ3) is 5.46. The third-order valence-electron chi connectivity index (χ3n) is 11.3. The fourth-order valence-corrected chi connectivity index (χ4v) is 9.93. The van der Waals surface area contributed by atoms with E-state index in [1.54, 1.807) is 5.57 Å². The Balaban J connectivity index is 1.42. The highest BCUT2D eigenvalue weighted by Gasteiger charge is 2.59. The van der Waals surface area contributed by atoms with Gasteiger partial charge in [-0.1, -0.05) is 94.8 Å². The van der Waals surface area contributed by atoms with Gasteiger partial charge in [-0.2, -0.15) is 0 Å². The van der Waals surface area contributed by atoms with Gasteiger partial charge in [-0.15, -0.1) is 0 Å². The van der Waals surface area contributed by atoms with Gasteiger partial charge in [0.1, 0.15) is 10.9 Å². The molecule has 0 saturated heterocycles. The first-order chi connectivity index (χ1) is 16.6. The molecule has 200 valence electrons. The lowest BCUT2D eigenvalue weighted by Crippen LogP contribution is -2.51. The maximum absolute atomic E-state index is 12.5. The van der Waals surface area contributed by atoms with Crippen LogP contribution in [0.15, 0.2) is 11.6 Å². The van der Waals surface area contributed by atoms with Gasteiger partial charge < -0.3 is 4.74 Å². The molecule has 0 bridgehead atoms. The first kappa shape index (κ1) is 27.7. The number of carbonyl (C=O) groups is 1. The molecule has 35 heavy (non-hydrogen) atoms. The molecule has 3 fully saturated rings. The van der Waals surface area contributed by atoms with Gasteiger partial charge in [0.15, 0.2) is 0 Å². The number of ether oxygens (including phenoxy) is 1. The summed E-state index contributed by atoms with van der Waals surface area (Å²) in [5.74, 6) is 5.19. The predicted molar refractivity (Wildman–Crippen MR) is 151 cm³/mol. The minimum atomic E-state index is -0.148. The van der Waals surface area contributed by atoms with Crippen LogP contribution in [0.25, 0.3) is 0 Å². The number of fused-ring (bicyclic) bond motifs is 5. The van der Waals surface area contributed by atoms with Crippen LogP contribution in [-0.2, 0) is 9.53 Å². The summed E-state index contributed by atoms with van der Waals surface area (Å²) in [6.45, 7) is 14.7. The number of halogens is 1. The second-order valence-electron chi connectivity index (χ2n) is 13.8. The maximum Gasteiger partial charge on any atom is 0.320 e. The summed E-state index contributed by atoms with van der Waals surface area (Å²) in [5, 5.41) is 0. The van der Waals surface area contributed by atoms with E-state index in [9.17, 15) is 4.79 Å². The Bertz CT molecular complexity index is 774. The first-order valence-electron chi connectivity index (χ1n) is 15.1. The second kappa shape index (κ2) is 11.2. The average Bonchev–Trinajstić information content (AvgIpc) is 3.16. The van der Waals surface area contributed by atoms with Crippen molar-refractivity contribution in [2.75, 3.05) is 0 Å². The minimum Gasteiger partial charge on any atom is -0.461 e. The quantitative estimate of drug-likeness (QED) is 0.163. The molecule has 0 aliphatic heterocycles. The lowest BCUT2D eigenvalue weighted by atomic mass is 9.47. The van der Waals surface area contributed by atoms with E-state index in [1.807, 2.05) is 0 Å². The summed E-state index contributed by atoms with van der Waals surface area (Å²) in [5.41, 5.74) is 2.49. The van der Waals surface area contributed by atoms with Crippen molar-refractivity contribution in [3.8, 4) is 0 Å². The standard InChI is InChI=1S/C32H53BrO2/c1-7-9-29(33)30(34)35-24-16-18-31(5)23(20-24)12-13-25-27-15-14-26(22(4)11-8-10-21(2)3)32(27,6)19-17-28(25)31/h12,21-22,24-29H,7-11,13-20H2,1-6H3/t22-,24+,25-,26+,27-,28-,29-,31+,32-/m1/s1. The number of carbonyl (C=O) groups excluding carboxylic acids is 1. The van der Waals surface area contributed by atoms with Crippen molar-refractivity contribution in [1.82, 2.24) is 0 Å². The summed E-state index contributed by atoms with van der Waals surface area (Å²) in [6, 6.07) is 0. The normalized spacial score (nSPS) is 40.3. The van der Waals surface area contributed by atoms with E-state index in [2.05, 4.69) is 63.5 Å². The number of esters is 1. The van der Waals surface area contributed by atoms with Gasteiger partial charge in [0.05, 0.1) is 0 Å². The fourth-order valence-electron chi connectivity index (χ4n) is 9.36. The molecule has 0 radical (unpaired) electrons. The van der Waals surface area contributed by atoms with Gasteiger partial charge in [-0.25, -0.2) is 0 Å². The molecule has 3 heteroatoms. The first-order valence-corrected chi connectivity index (χ1v) is 16.1. The number of allylic oxidation sites excluding steroid dienone is 1. The van der Waals surface area contributed by atoms with E-state index < -0.39 is 0 Å². The van der Waals surface area contributed by atoms with Crippen molar-refractivity contribution in [2.24, 2.45) is 46.3 Å². The number of hydrogen-bond acceptors (Lipinski definition) is 2. The molecule has 0 unspecified atom stereocenters. The fraction of sp³-hybridized carbons (Fsp3) is 0.906. The van der Waals surface area contributed by atoms with Crippen LogP contribution in [0.3, 0.4) is 0 Å². The van der Waals surface area contributed by atoms with E-state index in [4.69, 9.17) is 4.74 Å². The monoisotopic (exact) mass is 548 g/mol. The smallest absolute Gasteiger partial charge is 0.320 e. The van der Waals surface area contributed by atoms with Crippen molar-refractivity contribution < 1.29 is 9.53 Å². The van der Waals surface area contributed by atoms with Gasteiger partial charge in [0.2, 0.25) is 0 Å². The van der Waals surface area contributed by atoms with E-state index in [-0.39, 0.29) is 16.9 Å². The van der Waals surface area contributed by atoms with Crippen LogP contribution in [0, 0.1) is 46.3 Å². The van der Waals surface area contributed by atoms with E-state index in [0.29, 0.717) is 10.8 Å². The summed E-state index contributed by atoms with van der Waals surface area (Å²) < 4.78 is 5.98. The van der Waals surface area contributed by atoms with Gasteiger partial charge in [-0.05, 0) is 97.7 Å². The molecule has 0 spiro atoms. The van der Waals surface area contributed by atoms with Crippen LogP contribution in [0.4, 0.5) is 0 Å². The van der Waals surface area contributed by atoms with Crippen molar-refractivity contribution in [3.63, 3.8) is 0 Å². The van der Waals surface area contributed by atoms with E-state index >= 15 is 0 Å². The second-order valence-corrected chi connectivity index (χ2v) is 15.0. The lowest BCUT2D eigenvalue weighted by Gasteiger charge is -2.58. The molecule has 0 aromatic heterocycles. The maximum atomic E-state index is 12.5. The van der Waals surface area contributed by atoms with Crippen molar-refractivity contribution in [2.45, 2.75) is 136 Å². The molecule has 0 N–H and O–H groups in total. The van der Waals surface area contributed by atoms with Crippen LogP contribution < -0.4 is 0 Å². The number of hydrogen-bond donors (Lipinski definition) is 0. The Morgan fingerprint density at radius 2 is 1.83 bits per heavy atom. The van der Waals surface area contributed by atoms with Gasteiger partial charge >= 0.3 is 5.97 Å². The molecule has 0 aromatic rings. The summed E-state index contributed by atoms with van der Waals surface area (Å²) >= 11 is 3.53. The largest absolute Gasteiger partial charge is 0.461 e. The van der Waals surface area contributed by atoms with Crippen LogP contribution in [-0.4, -0.2) is 16.9 Å². The number of rotatable bonds is 9. The average molecular weight is 550 g/mol. The Hall–Kier alpha value is -0.310. The van der Waals surface area contributed by atoms with Crippen LogP contribution in [0.1, 0.15) is 125 Å². The van der Waals surface area contributed by atoms with E-state index in [1.165, 1.54) is 57.8 Å². The van der Waals surface area contributed by atoms with E-state index in [0.717, 1.165) is 61.2 Å². The zero-order valence-electron chi connectivity index (χ0n) is 23.6. The molecule has 3 saturated carbocycles. The molecule has 9 atom stereocenters. The highest BCUT2D eigenvalue weighted by molar-refractivity contribution is 9.10. The molecule has 0 amide bonds. The molecule has 4 aliphatic carbocycles. The molecule has 4 aliphatic rings. The van der Waals surface area contributed by atoms with Gasteiger partial charge in [0.25, 0.3) is 0 Å². The minimum absolute atomic E-state index is 0.0531. The lowest BCUT2D eigenvalue weighted by molar-refractivity contribution is -0.150. The topological polar surface area (TPSA) is 26.3 Å². The molecule has 4 rings (SSSR count). The molecule has 0 aromatic carbocycles. The third-order valence-corrected chi connectivity index (χ3v) is 12.2. The molecular formula is C32H53BrO2. The Morgan fingerprint density at radius 3 is 2.54 bits per heavy atom. The molecule has 0 heterocycles. The number of alkyl halides is 1. The van der Waals surface area contributed by atoms with Gasteiger partial charge in [0, 0.05) is 6.42 Å². The Labute approximate surface area is 224 Å². The SMILES string of the molecule is CCC[C@@H](Br)C(=O)O[C@H]1CC[C@@]2(C)C(=CC[C@@H]3[C@H]4CC[C@@H]([C@H](C)CCCC(C)C)[C@@]4(C)CC[C@H]32)C1. The zero-order chi connectivity index (χ0) is 25.4. The Kier molecular flexibility index (Phi) is 8.87. The highest BCUT2D eigenvalue weighted by atomic mass is 79.9. The zero-order valence-corrected chi connectivity index (χ0v) is 25.2. The summed E-state index contributed by atoms with van der Waals surface area (Å²) in [6.07, 6.45) is 19.0. The van der Waals surface area contributed by atoms with Crippen LogP contribution in [0.5, 0.6) is 0 Å². The van der Waals surface area contributed by atoms with Crippen LogP contribution >= 0.6 is 15.9 Å². The van der Waals surface area contributed by atoms with Crippen LogP contribution in [0.2, 0.25) is 0 Å². The highest BCUT2D eigenvalue weighted by Crippen LogP contribution is 2.67. The van der Waals surface area contributed by atoms with Crippen molar-refractivity contribution in [1.29, 1.82) is 0 Å². The summed E-state index contributed by atoms with van der Waals surface area (Å²) in [7, 11) is 0. The Morgan fingerprint density at radius 1 is 1.06 bits per heavy atom. The summed E-state index contributed by atoms with van der Waals surface area (Å²) in [4.78, 5) is 12.4. The van der Waals surface area contributed by atoms with Crippen molar-refractivity contribution >= 4 is 21.9 Å². The molecule has 2 nitrogen and oxygen atoms in total.